The van der Waals surface area contributed by atoms with Gasteiger partial charge in [-0.3, -0.25) is 4.98 Å². The van der Waals surface area contributed by atoms with Crippen molar-refractivity contribution in [2.45, 2.75) is 27.4 Å². The molecule has 4 nitrogen and oxygen atoms in total. The minimum absolute atomic E-state index is 0.0895. The summed E-state index contributed by atoms with van der Waals surface area (Å²) in [4.78, 5) is 8.49. The highest BCUT2D eigenvalue weighted by Gasteiger charge is 2.11. The molecule has 0 saturated heterocycles. The number of ether oxygens (including phenoxy) is 1. The average molecular weight is 244 g/mol. The molecule has 2 aromatic rings. The van der Waals surface area contributed by atoms with Crippen molar-refractivity contribution in [3.63, 3.8) is 0 Å². The van der Waals surface area contributed by atoms with E-state index in [1.54, 1.807) is 6.20 Å². The van der Waals surface area contributed by atoms with Crippen LogP contribution in [0.1, 0.15) is 22.5 Å². The molecule has 0 radical (unpaired) electrons. The molecule has 2 aromatic heterocycles. The van der Waals surface area contributed by atoms with Crippen LogP contribution < -0.4 is 4.74 Å². The molecule has 2 heterocycles. The van der Waals surface area contributed by atoms with Gasteiger partial charge in [0.2, 0.25) is 5.88 Å². The van der Waals surface area contributed by atoms with E-state index < -0.39 is 0 Å². The Morgan fingerprint density at radius 3 is 2.72 bits per heavy atom. The molecule has 18 heavy (non-hydrogen) atoms. The number of pyridine rings is 2. The maximum Gasteiger partial charge on any atom is 0.225 e. The fourth-order valence-electron chi connectivity index (χ4n) is 1.79. The Hall–Kier alpha value is -1.94. The number of nitrogens with zero attached hydrogens (tertiary/aromatic N) is 2. The smallest absolute Gasteiger partial charge is 0.225 e. The van der Waals surface area contributed by atoms with Crippen LogP contribution in [0, 0.1) is 20.8 Å². The molecule has 0 fully saturated rings. The lowest BCUT2D eigenvalue weighted by Gasteiger charge is -2.12. The van der Waals surface area contributed by atoms with Gasteiger partial charge in [-0.2, -0.15) is 0 Å². The standard InChI is InChI=1S/C14H16N2O2/c1-9-7-10(2)16-14(12(9)8-17)18-13-5-4-6-15-11(13)3/h4-7,17H,8H2,1-3H3. The highest BCUT2D eigenvalue weighted by Crippen LogP contribution is 2.27. The highest BCUT2D eigenvalue weighted by molar-refractivity contribution is 5.39. The summed E-state index contributed by atoms with van der Waals surface area (Å²) in [6.45, 7) is 5.62. The summed E-state index contributed by atoms with van der Waals surface area (Å²) in [6, 6.07) is 5.57. The average Bonchev–Trinajstić information content (AvgIpc) is 2.31. The summed E-state index contributed by atoms with van der Waals surface area (Å²) in [5, 5.41) is 9.40. The van der Waals surface area contributed by atoms with Gasteiger partial charge < -0.3 is 9.84 Å². The van der Waals surface area contributed by atoms with Crippen LogP contribution >= 0.6 is 0 Å². The molecule has 0 aliphatic carbocycles. The summed E-state index contributed by atoms with van der Waals surface area (Å²) in [6.07, 6.45) is 1.71. The second kappa shape index (κ2) is 5.14. The molecule has 94 valence electrons. The molecule has 0 aliphatic heterocycles. The zero-order chi connectivity index (χ0) is 13.1. The van der Waals surface area contributed by atoms with Crippen molar-refractivity contribution in [1.82, 2.24) is 9.97 Å². The molecule has 0 aromatic carbocycles. The Balaban J connectivity index is 2.43. The van der Waals surface area contributed by atoms with Crippen molar-refractivity contribution >= 4 is 0 Å². The molecule has 0 amide bonds. The van der Waals surface area contributed by atoms with E-state index in [-0.39, 0.29) is 6.61 Å². The SMILES string of the molecule is Cc1cc(C)c(CO)c(Oc2cccnc2C)n1. The Kier molecular flexibility index (Phi) is 3.58. The molecule has 0 atom stereocenters. The van der Waals surface area contributed by atoms with Gasteiger partial charge >= 0.3 is 0 Å². The van der Waals surface area contributed by atoms with Crippen LogP contribution in [-0.2, 0) is 6.61 Å². The van der Waals surface area contributed by atoms with E-state index in [1.807, 2.05) is 39.0 Å². The summed E-state index contributed by atoms with van der Waals surface area (Å²) < 4.78 is 5.76. The number of hydrogen-bond donors (Lipinski definition) is 1. The number of hydrogen-bond acceptors (Lipinski definition) is 4. The van der Waals surface area contributed by atoms with Gasteiger partial charge in [0.1, 0.15) is 0 Å². The first-order chi connectivity index (χ1) is 8.61. The molecular formula is C14H16N2O2. The topological polar surface area (TPSA) is 55.2 Å². The van der Waals surface area contributed by atoms with Crippen molar-refractivity contribution in [3.8, 4) is 11.6 Å². The molecule has 4 heteroatoms. The lowest BCUT2D eigenvalue weighted by atomic mass is 10.1. The largest absolute Gasteiger partial charge is 0.437 e. The van der Waals surface area contributed by atoms with Crippen LogP contribution in [0.5, 0.6) is 11.6 Å². The molecule has 0 spiro atoms. The van der Waals surface area contributed by atoms with Crippen LogP contribution in [0.2, 0.25) is 0 Å². The second-order valence-corrected chi connectivity index (χ2v) is 4.21. The minimum atomic E-state index is -0.0895. The van der Waals surface area contributed by atoms with Gasteiger partial charge in [-0.05, 0) is 44.5 Å². The van der Waals surface area contributed by atoms with Crippen LogP contribution in [-0.4, -0.2) is 15.1 Å². The monoisotopic (exact) mass is 244 g/mol. The molecule has 0 unspecified atom stereocenters. The van der Waals surface area contributed by atoms with E-state index in [0.717, 1.165) is 17.0 Å². The molecule has 2 rings (SSSR count). The normalized spacial score (nSPS) is 10.4. The Labute approximate surface area is 106 Å². The zero-order valence-corrected chi connectivity index (χ0v) is 10.8. The van der Waals surface area contributed by atoms with Gasteiger partial charge in [-0.15, -0.1) is 0 Å². The van der Waals surface area contributed by atoms with Crippen molar-refractivity contribution in [2.24, 2.45) is 0 Å². The van der Waals surface area contributed by atoms with Crippen molar-refractivity contribution in [1.29, 1.82) is 0 Å². The van der Waals surface area contributed by atoms with Crippen molar-refractivity contribution in [2.75, 3.05) is 0 Å². The first kappa shape index (κ1) is 12.5. The molecule has 0 saturated carbocycles. The summed E-state index contributed by atoms with van der Waals surface area (Å²) in [5.41, 5.74) is 3.34. The van der Waals surface area contributed by atoms with Crippen LogP contribution in [0.4, 0.5) is 0 Å². The van der Waals surface area contributed by atoms with Crippen LogP contribution in [0.3, 0.4) is 0 Å². The third kappa shape index (κ3) is 2.49. The van der Waals surface area contributed by atoms with Gasteiger partial charge in [0.05, 0.1) is 12.3 Å². The number of aliphatic hydroxyl groups excluding tert-OH is 1. The van der Waals surface area contributed by atoms with Crippen LogP contribution in [0.25, 0.3) is 0 Å². The van der Waals surface area contributed by atoms with E-state index in [2.05, 4.69) is 9.97 Å². The van der Waals surface area contributed by atoms with Gasteiger partial charge in [0.15, 0.2) is 5.75 Å². The Bertz CT molecular complexity index is 568. The van der Waals surface area contributed by atoms with E-state index >= 15 is 0 Å². The minimum Gasteiger partial charge on any atom is -0.437 e. The van der Waals surface area contributed by atoms with Crippen LogP contribution in [0.15, 0.2) is 24.4 Å². The van der Waals surface area contributed by atoms with Gasteiger partial charge in [0, 0.05) is 17.5 Å². The van der Waals surface area contributed by atoms with Gasteiger partial charge in [0.25, 0.3) is 0 Å². The maximum absolute atomic E-state index is 9.40. The fourth-order valence-corrected chi connectivity index (χ4v) is 1.79. The number of aliphatic hydroxyl groups is 1. The Morgan fingerprint density at radius 1 is 1.28 bits per heavy atom. The third-order valence-corrected chi connectivity index (χ3v) is 2.76. The third-order valence-electron chi connectivity index (χ3n) is 2.76. The summed E-state index contributed by atoms with van der Waals surface area (Å²) >= 11 is 0. The van der Waals surface area contributed by atoms with Gasteiger partial charge in [-0.1, -0.05) is 0 Å². The second-order valence-electron chi connectivity index (χ2n) is 4.21. The van der Waals surface area contributed by atoms with E-state index in [0.29, 0.717) is 17.2 Å². The lowest BCUT2D eigenvalue weighted by Crippen LogP contribution is -2.01. The molecule has 0 aliphatic rings. The quantitative estimate of drug-likeness (QED) is 0.901. The summed E-state index contributed by atoms with van der Waals surface area (Å²) in [7, 11) is 0. The zero-order valence-electron chi connectivity index (χ0n) is 10.8. The first-order valence-electron chi connectivity index (χ1n) is 5.79. The van der Waals surface area contributed by atoms with E-state index in [4.69, 9.17) is 4.74 Å². The predicted octanol–water partition coefficient (Wildman–Crippen LogP) is 2.69. The lowest BCUT2D eigenvalue weighted by molar-refractivity contribution is 0.274. The molecular weight excluding hydrogens is 228 g/mol. The summed E-state index contributed by atoms with van der Waals surface area (Å²) in [5.74, 6) is 1.11. The van der Waals surface area contributed by atoms with Gasteiger partial charge in [-0.25, -0.2) is 4.98 Å². The molecule has 0 bridgehead atoms. The Morgan fingerprint density at radius 2 is 2.06 bits per heavy atom. The predicted molar refractivity (Wildman–Crippen MR) is 68.7 cm³/mol. The van der Waals surface area contributed by atoms with E-state index in [9.17, 15) is 5.11 Å². The number of aromatic nitrogens is 2. The first-order valence-corrected chi connectivity index (χ1v) is 5.79. The number of aryl methyl sites for hydroxylation is 3. The van der Waals surface area contributed by atoms with Crippen molar-refractivity contribution < 1.29 is 9.84 Å². The fraction of sp³-hybridized carbons (Fsp3) is 0.286. The molecule has 1 N–H and O–H groups in total. The highest BCUT2D eigenvalue weighted by atomic mass is 16.5. The van der Waals surface area contributed by atoms with Crippen molar-refractivity contribution in [3.05, 3.63) is 46.9 Å². The van der Waals surface area contributed by atoms with E-state index in [1.165, 1.54) is 0 Å². The maximum atomic E-state index is 9.40. The number of rotatable bonds is 3.